The van der Waals surface area contributed by atoms with Gasteiger partial charge >= 0.3 is 5.97 Å². The molecule has 0 unspecified atom stereocenters. The number of esters is 1. The second-order valence-corrected chi connectivity index (χ2v) is 6.47. The van der Waals surface area contributed by atoms with Gasteiger partial charge < -0.3 is 24.8 Å². The van der Waals surface area contributed by atoms with E-state index >= 15 is 0 Å². The van der Waals surface area contributed by atoms with Gasteiger partial charge in [0.2, 0.25) is 0 Å². The van der Waals surface area contributed by atoms with Gasteiger partial charge in [-0.25, -0.2) is 4.79 Å². The molecule has 0 aliphatic carbocycles. The third-order valence-electron chi connectivity index (χ3n) is 4.73. The molecule has 2 aliphatic rings. The SMILES string of the molecule is COC(=O)C1=C(Nc2ccccc2CN2CCOCC2)C(=O)N(CCO)C1. The minimum Gasteiger partial charge on any atom is -0.466 e. The van der Waals surface area contributed by atoms with E-state index in [1.165, 1.54) is 12.0 Å². The Kier molecular flexibility index (Phi) is 6.44. The van der Waals surface area contributed by atoms with Crippen LogP contribution in [0.15, 0.2) is 35.5 Å². The second-order valence-electron chi connectivity index (χ2n) is 6.47. The number of benzene rings is 1. The summed E-state index contributed by atoms with van der Waals surface area (Å²) in [5, 5.41) is 12.3. The van der Waals surface area contributed by atoms with E-state index in [0.29, 0.717) is 13.2 Å². The van der Waals surface area contributed by atoms with Crippen LogP contribution in [0.1, 0.15) is 5.56 Å². The molecule has 0 bridgehead atoms. The average molecular weight is 375 g/mol. The zero-order valence-electron chi connectivity index (χ0n) is 15.4. The number of aliphatic hydroxyl groups is 1. The van der Waals surface area contributed by atoms with Crippen molar-refractivity contribution in [1.82, 2.24) is 9.80 Å². The molecule has 8 nitrogen and oxygen atoms in total. The van der Waals surface area contributed by atoms with Crippen molar-refractivity contribution < 1.29 is 24.2 Å². The summed E-state index contributed by atoms with van der Waals surface area (Å²) in [4.78, 5) is 28.5. The molecular weight excluding hydrogens is 350 g/mol. The van der Waals surface area contributed by atoms with E-state index < -0.39 is 5.97 Å². The van der Waals surface area contributed by atoms with E-state index in [4.69, 9.17) is 14.6 Å². The molecule has 0 atom stereocenters. The first-order chi connectivity index (χ1) is 13.1. The van der Waals surface area contributed by atoms with Crippen LogP contribution in [0.2, 0.25) is 0 Å². The largest absolute Gasteiger partial charge is 0.466 e. The van der Waals surface area contributed by atoms with Crippen LogP contribution in [0.3, 0.4) is 0 Å². The minimum absolute atomic E-state index is 0.125. The lowest BCUT2D eigenvalue weighted by atomic mass is 10.1. The molecule has 27 heavy (non-hydrogen) atoms. The maximum absolute atomic E-state index is 12.7. The number of β-amino-alcohol motifs (C(OH)–C–C–N with tert-alkyl or cyclic N) is 1. The molecule has 1 amide bonds. The highest BCUT2D eigenvalue weighted by Gasteiger charge is 2.34. The zero-order chi connectivity index (χ0) is 19.2. The first kappa shape index (κ1) is 19.3. The van der Waals surface area contributed by atoms with Gasteiger partial charge in [0, 0.05) is 31.9 Å². The fraction of sp³-hybridized carbons (Fsp3) is 0.474. The number of anilines is 1. The number of para-hydroxylation sites is 1. The molecule has 1 saturated heterocycles. The molecule has 1 fully saturated rings. The normalized spacial score (nSPS) is 18.1. The van der Waals surface area contributed by atoms with Crippen molar-refractivity contribution in [3.8, 4) is 0 Å². The Morgan fingerprint density at radius 1 is 1.30 bits per heavy atom. The van der Waals surface area contributed by atoms with Gasteiger partial charge in [-0.3, -0.25) is 9.69 Å². The predicted molar refractivity (Wildman–Crippen MR) is 98.9 cm³/mol. The van der Waals surface area contributed by atoms with Gasteiger partial charge in [0.05, 0.1) is 39.0 Å². The number of hydrogen-bond donors (Lipinski definition) is 2. The molecule has 2 heterocycles. The highest BCUT2D eigenvalue weighted by Crippen LogP contribution is 2.25. The van der Waals surface area contributed by atoms with Crippen molar-refractivity contribution >= 4 is 17.6 Å². The molecule has 146 valence electrons. The Balaban J connectivity index is 1.83. The molecule has 2 aliphatic heterocycles. The third-order valence-corrected chi connectivity index (χ3v) is 4.73. The number of nitrogens with zero attached hydrogens (tertiary/aromatic N) is 2. The molecular formula is C19H25N3O5. The zero-order valence-corrected chi connectivity index (χ0v) is 15.4. The summed E-state index contributed by atoms with van der Waals surface area (Å²) < 4.78 is 10.2. The van der Waals surface area contributed by atoms with Gasteiger partial charge in [0.1, 0.15) is 5.70 Å². The third kappa shape index (κ3) is 4.47. The first-order valence-electron chi connectivity index (χ1n) is 9.00. The van der Waals surface area contributed by atoms with Crippen LogP contribution >= 0.6 is 0 Å². The molecule has 1 aromatic rings. The van der Waals surface area contributed by atoms with Crippen molar-refractivity contribution in [3.05, 3.63) is 41.1 Å². The lowest BCUT2D eigenvalue weighted by Crippen LogP contribution is -2.35. The van der Waals surface area contributed by atoms with Gasteiger partial charge in [-0.1, -0.05) is 18.2 Å². The quantitative estimate of drug-likeness (QED) is 0.658. The van der Waals surface area contributed by atoms with Crippen LogP contribution in [0.25, 0.3) is 0 Å². The van der Waals surface area contributed by atoms with E-state index in [1.54, 1.807) is 0 Å². The Morgan fingerprint density at radius 3 is 2.74 bits per heavy atom. The minimum atomic E-state index is -0.544. The number of morpholine rings is 1. The summed E-state index contributed by atoms with van der Waals surface area (Å²) in [6, 6.07) is 7.72. The van der Waals surface area contributed by atoms with Crippen LogP contribution in [-0.4, -0.2) is 79.9 Å². The lowest BCUT2D eigenvalue weighted by Gasteiger charge is -2.27. The highest BCUT2D eigenvalue weighted by atomic mass is 16.5. The number of carbonyl (C=O) groups excluding carboxylic acids is 2. The number of ether oxygens (including phenoxy) is 2. The van der Waals surface area contributed by atoms with Crippen LogP contribution in [-0.2, 0) is 25.6 Å². The summed E-state index contributed by atoms with van der Waals surface area (Å²) in [6.07, 6.45) is 0. The van der Waals surface area contributed by atoms with Crippen LogP contribution < -0.4 is 5.32 Å². The summed E-state index contributed by atoms with van der Waals surface area (Å²) in [7, 11) is 1.29. The second kappa shape index (κ2) is 8.98. The van der Waals surface area contributed by atoms with E-state index in [-0.39, 0.29) is 36.9 Å². The monoisotopic (exact) mass is 375 g/mol. The molecule has 0 saturated carbocycles. The number of methoxy groups -OCH3 is 1. The standard InChI is InChI=1S/C19H25N3O5/c1-26-19(25)15-13-22(6-9-23)18(24)17(15)20-16-5-3-2-4-14(16)12-21-7-10-27-11-8-21/h2-5,20,23H,6-13H2,1H3. The summed E-state index contributed by atoms with van der Waals surface area (Å²) in [5.41, 5.74) is 2.30. The van der Waals surface area contributed by atoms with Crippen molar-refractivity contribution in [2.75, 3.05) is 58.4 Å². The Labute approximate surface area is 158 Å². The number of amides is 1. The molecule has 0 spiro atoms. The van der Waals surface area contributed by atoms with E-state index in [9.17, 15) is 9.59 Å². The average Bonchev–Trinajstić information content (AvgIpc) is 3.00. The van der Waals surface area contributed by atoms with E-state index in [1.807, 2.05) is 24.3 Å². The van der Waals surface area contributed by atoms with Gasteiger partial charge in [0.15, 0.2) is 0 Å². The number of rotatable bonds is 7. The first-order valence-corrected chi connectivity index (χ1v) is 9.00. The smallest absolute Gasteiger partial charge is 0.337 e. The van der Waals surface area contributed by atoms with Gasteiger partial charge in [-0.2, -0.15) is 0 Å². The number of aliphatic hydroxyl groups excluding tert-OH is 1. The maximum Gasteiger partial charge on any atom is 0.337 e. The Morgan fingerprint density at radius 2 is 2.04 bits per heavy atom. The molecule has 0 aromatic heterocycles. The molecule has 1 aromatic carbocycles. The molecule has 0 radical (unpaired) electrons. The van der Waals surface area contributed by atoms with Gasteiger partial charge in [-0.15, -0.1) is 0 Å². The maximum atomic E-state index is 12.7. The van der Waals surface area contributed by atoms with Gasteiger partial charge in [-0.05, 0) is 11.6 Å². The van der Waals surface area contributed by atoms with Crippen molar-refractivity contribution in [2.45, 2.75) is 6.54 Å². The lowest BCUT2D eigenvalue weighted by molar-refractivity contribution is -0.136. The van der Waals surface area contributed by atoms with Crippen LogP contribution in [0.4, 0.5) is 5.69 Å². The Bertz CT molecular complexity index is 728. The van der Waals surface area contributed by atoms with E-state index in [0.717, 1.165) is 30.9 Å². The van der Waals surface area contributed by atoms with Crippen LogP contribution in [0, 0.1) is 0 Å². The number of carbonyl (C=O) groups is 2. The summed E-state index contributed by atoms with van der Waals surface area (Å²) >= 11 is 0. The Hall–Kier alpha value is -2.42. The van der Waals surface area contributed by atoms with Gasteiger partial charge in [0.25, 0.3) is 5.91 Å². The van der Waals surface area contributed by atoms with E-state index in [2.05, 4.69) is 10.2 Å². The highest BCUT2D eigenvalue weighted by molar-refractivity contribution is 6.08. The fourth-order valence-corrected chi connectivity index (χ4v) is 3.26. The molecule has 3 rings (SSSR count). The van der Waals surface area contributed by atoms with Crippen molar-refractivity contribution in [3.63, 3.8) is 0 Å². The molecule has 2 N–H and O–H groups in total. The predicted octanol–water partition coefficient (Wildman–Crippen LogP) is 0.192. The topological polar surface area (TPSA) is 91.3 Å². The number of nitrogens with one attached hydrogen (secondary N) is 1. The molecule has 8 heteroatoms. The van der Waals surface area contributed by atoms with Crippen LogP contribution in [0.5, 0.6) is 0 Å². The summed E-state index contributed by atoms with van der Waals surface area (Å²) in [6.45, 7) is 3.98. The van der Waals surface area contributed by atoms with Crippen molar-refractivity contribution in [2.24, 2.45) is 0 Å². The number of hydrogen-bond acceptors (Lipinski definition) is 7. The van der Waals surface area contributed by atoms with Crippen molar-refractivity contribution in [1.29, 1.82) is 0 Å². The summed E-state index contributed by atoms with van der Waals surface area (Å²) in [5.74, 6) is -0.859. The fourth-order valence-electron chi connectivity index (χ4n) is 3.26.